The van der Waals surface area contributed by atoms with E-state index in [1.807, 2.05) is 4.90 Å². The summed E-state index contributed by atoms with van der Waals surface area (Å²) in [5.41, 5.74) is 0.148. The van der Waals surface area contributed by atoms with Crippen LogP contribution in [0.2, 0.25) is 5.02 Å². The Hall–Kier alpha value is -1.33. The molecule has 0 aromatic heterocycles. The van der Waals surface area contributed by atoms with Gasteiger partial charge in [-0.1, -0.05) is 11.6 Å². The van der Waals surface area contributed by atoms with Crippen molar-refractivity contribution in [1.82, 2.24) is 4.90 Å². The van der Waals surface area contributed by atoms with Gasteiger partial charge >= 0.3 is 0 Å². The van der Waals surface area contributed by atoms with Crippen molar-refractivity contribution in [2.24, 2.45) is 5.41 Å². The number of amides is 1. The number of hydrogen-bond donors (Lipinski definition) is 0. The maximum Gasteiger partial charge on any atom is 0.260 e. The van der Waals surface area contributed by atoms with Crippen molar-refractivity contribution in [2.75, 3.05) is 32.9 Å². The summed E-state index contributed by atoms with van der Waals surface area (Å²) in [6.07, 6.45) is 2.01. The number of ether oxygens (including phenoxy) is 2. The SMILES string of the molecule is O=C(COc1ccc(F)c(Cl)c1)N1CC[C@]2(CCOC2)C1. The number of rotatable bonds is 3. The number of benzene rings is 1. The molecule has 1 aromatic rings. The minimum Gasteiger partial charge on any atom is -0.484 e. The van der Waals surface area contributed by atoms with Gasteiger partial charge in [0.05, 0.1) is 11.6 Å². The fourth-order valence-corrected chi connectivity index (χ4v) is 3.09. The lowest BCUT2D eigenvalue weighted by atomic mass is 9.87. The molecule has 0 radical (unpaired) electrons. The van der Waals surface area contributed by atoms with Crippen LogP contribution in [-0.4, -0.2) is 43.7 Å². The second kappa shape index (κ2) is 5.81. The molecule has 0 N–H and O–H groups in total. The molecule has 1 spiro atoms. The second-order valence-electron chi connectivity index (χ2n) is 5.73. The molecule has 2 fully saturated rings. The molecule has 0 saturated carbocycles. The molecule has 4 nitrogen and oxygen atoms in total. The Morgan fingerprint density at radius 1 is 1.48 bits per heavy atom. The molecular weight excluding hydrogens is 297 g/mol. The summed E-state index contributed by atoms with van der Waals surface area (Å²) >= 11 is 5.67. The average Bonchev–Trinajstić information content (AvgIpc) is 3.11. The predicted octanol–water partition coefficient (Wildman–Crippen LogP) is 2.50. The summed E-state index contributed by atoms with van der Waals surface area (Å²) in [5, 5.41) is -0.0109. The van der Waals surface area contributed by atoms with E-state index in [9.17, 15) is 9.18 Å². The molecule has 2 saturated heterocycles. The summed E-state index contributed by atoms with van der Waals surface area (Å²) in [4.78, 5) is 14.0. The molecule has 1 amide bonds. The first-order valence-electron chi connectivity index (χ1n) is 7.01. The van der Waals surface area contributed by atoms with Crippen LogP contribution in [0.3, 0.4) is 0 Å². The Labute approximate surface area is 127 Å². The van der Waals surface area contributed by atoms with E-state index in [1.54, 1.807) is 0 Å². The highest BCUT2D eigenvalue weighted by Gasteiger charge is 2.42. The number of carbonyl (C=O) groups excluding carboxylic acids is 1. The first-order chi connectivity index (χ1) is 10.1. The van der Waals surface area contributed by atoms with E-state index in [1.165, 1.54) is 18.2 Å². The summed E-state index contributed by atoms with van der Waals surface area (Å²) in [5.74, 6) is -0.162. The molecule has 3 rings (SSSR count). The zero-order chi connectivity index (χ0) is 14.9. The van der Waals surface area contributed by atoms with Crippen LogP contribution in [-0.2, 0) is 9.53 Å². The van der Waals surface area contributed by atoms with Gasteiger partial charge in [0.1, 0.15) is 11.6 Å². The minimum atomic E-state index is -0.502. The lowest BCUT2D eigenvalue weighted by Crippen LogP contribution is -2.35. The van der Waals surface area contributed by atoms with E-state index < -0.39 is 5.82 Å². The summed E-state index contributed by atoms with van der Waals surface area (Å²) in [7, 11) is 0. The molecule has 21 heavy (non-hydrogen) atoms. The Kier molecular flexibility index (Phi) is 4.04. The van der Waals surface area contributed by atoms with E-state index in [0.29, 0.717) is 5.75 Å². The zero-order valence-corrected chi connectivity index (χ0v) is 12.4. The van der Waals surface area contributed by atoms with Crippen LogP contribution < -0.4 is 4.74 Å². The molecule has 0 bridgehead atoms. The first-order valence-corrected chi connectivity index (χ1v) is 7.39. The topological polar surface area (TPSA) is 38.8 Å². The highest BCUT2D eigenvalue weighted by Crippen LogP contribution is 2.38. The maximum absolute atomic E-state index is 13.0. The monoisotopic (exact) mass is 313 g/mol. The molecular formula is C15H17ClFNO3. The molecule has 1 atom stereocenters. The van der Waals surface area contributed by atoms with Crippen molar-refractivity contribution in [2.45, 2.75) is 12.8 Å². The van der Waals surface area contributed by atoms with E-state index in [0.717, 1.165) is 39.1 Å². The van der Waals surface area contributed by atoms with Crippen molar-refractivity contribution in [3.63, 3.8) is 0 Å². The average molecular weight is 314 g/mol. The van der Waals surface area contributed by atoms with Crippen molar-refractivity contribution in [3.05, 3.63) is 29.0 Å². The van der Waals surface area contributed by atoms with Gasteiger partial charge in [-0.25, -0.2) is 4.39 Å². The van der Waals surface area contributed by atoms with E-state index in [4.69, 9.17) is 21.1 Å². The van der Waals surface area contributed by atoms with E-state index >= 15 is 0 Å². The highest BCUT2D eigenvalue weighted by molar-refractivity contribution is 6.30. The smallest absolute Gasteiger partial charge is 0.260 e. The van der Waals surface area contributed by atoms with Crippen LogP contribution in [0, 0.1) is 11.2 Å². The van der Waals surface area contributed by atoms with E-state index in [-0.39, 0.29) is 23.0 Å². The summed E-state index contributed by atoms with van der Waals surface area (Å²) in [6.45, 7) is 2.95. The minimum absolute atomic E-state index is 0.0109. The largest absolute Gasteiger partial charge is 0.484 e. The third-order valence-corrected chi connectivity index (χ3v) is 4.52. The molecule has 0 unspecified atom stereocenters. The number of nitrogens with zero attached hydrogens (tertiary/aromatic N) is 1. The molecule has 0 aliphatic carbocycles. The fourth-order valence-electron chi connectivity index (χ4n) is 2.92. The van der Waals surface area contributed by atoms with Gasteiger partial charge in [0.15, 0.2) is 6.61 Å². The molecule has 2 aliphatic rings. The molecule has 2 aliphatic heterocycles. The first kappa shape index (κ1) is 14.6. The number of carbonyl (C=O) groups is 1. The third-order valence-electron chi connectivity index (χ3n) is 4.23. The number of hydrogen-bond acceptors (Lipinski definition) is 3. The highest BCUT2D eigenvalue weighted by atomic mass is 35.5. The fraction of sp³-hybridized carbons (Fsp3) is 0.533. The van der Waals surface area contributed by atoms with Gasteiger partial charge in [-0.3, -0.25) is 4.79 Å². The van der Waals surface area contributed by atoms with Crippen molar-refractivity contribution in [1.29, 1.82) is 0 Å². The molecule has 114 valence electrons. The molecule has 2 heterocycles. The van der Waals surface area contributed by atoms with Crippen LogP contribution in [0.1, 0.15) is 12.8 Å². The number of likely N-dealkylation sites (tertiary alicyclic amines) is 1. The van der Waals surface area contributed by atoms with Gasteiger partial charge in [0.25, 0.3) is 5.91 Å². The lowest BCUT2D eigenvalue weighted by molar-refractivity contribution is -0.132. The Morgan fingerprint density at radius 2 is 2.33 bits per heavy atom. The Morgan fingerprint density at radius 3 is 3.05 bits per heavy atom. The van der Waals surface area contributed by atoms with Crippen LogP contribution in [0.25, 0.3) is 0 Å². The standard InChI is InChI=1S/C15H17ClFNO3/c16-12-7-11(1-2-13(12)17)21-8-14(19)18-5-3-15(9-18)4-6-20-10-15/h1-2,7H,3-6,8-10H2/t15-/m0/s1. The quantitative estimate of drug-likeness (QED) is 0.860. The van der Waals surface area contributed by atoms with Crippen LogP contribution in [0.4, 0.5) is 4.39 Å². The van der Waals surface area contributed by atoms with Gasteiger partial charge in [-0.15, -0.1) is 0 Å². The molecule has 1 aromatic carbocycles. The third kappa shape index (κ3) is 3.14. The van der Waals surface area contributed by atoms with Gasteiger partial charge in [-0.2, -0.15) is 0 Å². The summed E-state index contributed by atoms with van der Waals surface area (Å²) < 4.78 is 23.9. The van der Waals surface area contributed by atoms with Gasteiger partial charge in [-0.05, 0) is 25.0 Å². The molecule has 6 heteroatoms. The normalized spacial score (nSPS) is 24.8. The van der Waals surface area contributed by atoms with Gasteiger partial charge in [0.2, 0.25) is 0 Å². The number of halogens is 2. The van der Waals surface area contributed by atoms with Crippen LogP contribution in [0.5, 0.6) is 5.75 Å². The Bertz CT molecular complexity index is 546. The predicted molar refractivity (Wildman–Crippen MR) is 76.0 cm³/mol. The van der Waals surface area contributed by atoms with E-state index in [2.05, 4.69) is 0 Å². The van der Waals surface area contributed by atoms with Crippen LogP contribution in [0.15, 0.2) is 18.2 Å². The zero-order valence-electron chi connectivity index (χ0n) is 11.6. The van der Waals surface area contributed by atoms with Crippen molar-refractivity contribution < 1.29 is 18.7 Å². The second-order valence-corrected chi connectivity index (χ2v) is 6.14. The summed E-state index contributed by atoms with van der Waals surface area (Å²) in [6, 6.07) is 4.06. The Balaban J connectivity index is 1.53. The van der Waals surface area contributed by atoms with Crippen molar-refractivity contribution in [3.8, 4) is 5.75 Å². The van der Waals surface area contributed by atoms with Gasteiger partial charge < -0.3 is 14.4 Å². The maximum atomic E-state index is 13.0. The lowest BCUT2D eigenvalue weighted by Gasteiger charge is -2.22. The van der Waals surface area contributed by atoms with Crippen LogP contribution >= 0.6 is 11.6 Å². The van der Waals surface area contributed by atoms with Crippen molar-refractivity contribution >= 4 is 17.5 Å². The van der Waals surface area contributed by atoms with Gasteiger partial charge in [0, 0.05) is 31.2 Å².